The van der Waals surface area contributed by atoms with Crippen molar-refractivity contribution in [3.05, 3.63) is 51.5 Å². The van der Waals surface area contributed by atoms with Crippen LogP contribution in [-0.2, 0) is 10.0 Å². The van der Waals surface area contributed by atoms with E-state index in [0.717, 1.165) is 11.1 Å². The summed E-state index contributed by atoms with van der Waals surface area (Å²) >= 11 is 11.8. The molecule has 0 saturated carbocycles. The summed E-state index contributed by atoms with van der Waals surface area (Å²) in [4.78, 5) is -0.106. The van der Waals surface area contributed by atoms with Crippen LogP contribution in [0.5, 0.6) is 0 Å². The van der Waals surface area contributed by atoms with E-state index in [9.17, 15) is 8.42 Å². The molecule has 0 bridgehead atoms. The van der Waals surface area contributed by atoms with Crippen LogP contribution in [0.2, 0.25) is 10.0 Å². The number of nitrogens with one attached hydrogen (secondary N) is 1. The van der Waals surface area contributed by atoms with Gasteiger partial charge in [-0.3, -0.25) is 4.72 Å². The molecule has 2 aromatic carbocycles. The van der Waals surface area contributed by atoms with Gasteiger partial charge in [-0.05, 0) is 37.6 Å². The number of anilines is 2. The SMILES string of the molecule is Cc1ccc(NS(=O)(=O)c2ccc(Cl)c(N)c2Cl)c(C)c1. The van der Waals surface area contributed by atoms with Crippen LogP contribution in [0.3, 0.4) is 0 Å². The van der Waals surface area contributed by atoms with Crippen molar-refractivity contribution in [2.75, 3.05) is 10.5 Å². The summed E-state index contributed by atoms with van der Waals surface area (Å²) in [5.41, 5.74) is 8.06. The van der Waals surface area contributed by atoms with Crippen LogP contribution in [-0.4, -0.2) is 8.42 Å². The molecule has 0 radical (unpaired) electrons. The highest BCUT2D eigenvalue weighted by molar-refractivity contribution is 7.92. The summed E-state index contributed by atoms with van der Waals surface area (Å²) in [6.45, 7) is 3.75. The largest absolute Gasteiger partial charge is 0.396 e. The molecule has 0 spiro atoms. The highest BCUT2D eigenvalue weighted by atomic mass is 35.5. The lowest BCUT2D eigenvalue weighted by atomic mass is 10.1. The minimum absolute atomic E-state index is 0.0434. The van der Waals surface area contributed by atoms with E-state index in [1.807, 2.05) is 26.0 Å². The molecule has 0 unspecified atom stereocenters. The maximum absolute atomic E-state index is 12.4. The zero-order valence-corrected chi connectivity index (χ0v) is 13.8. The van der Waals surface area contributed by atoms with Crippen LogP contribution in [0.15, 0.2) is 35.2 Å². The smallest absolute Gasteiger partial charge is 0.263 e. The highest BCUT2D eigenvalue weighted by Crippen LogP contribution is 2.34. The summed E-state index contributed by atoms with van der Waals surface area (Å²) in [6.07, 6.45) is 0. The molecule has 0 saturated heterocycles. The zero-order chi connectivity index (χ0) is 15.8. The fourth-order valence-corrected chi connectivity index (χ4v) is 3.78. The second-order valence-electron chi connectivity index (χ2n) is 4.70. The van der Waals surface area contributed by atoms with Crippen molar-refractivity contribution in [1.82, 2.24) is 0 Å². The maximum Gasteiger partial charge on any atom is 0.263 e. The third kappa shape index (κ3) is 3.26. The van der Waals surface area contributed by atoms with Gasteiger partial charge in [-0.1, -0.05) is 40.9 Å². The Morgan fingerprint density at radius 2 is 1.76 bits per heavy atom. The first-order chi connectivity index (χ1) is 9.72. The van der Waals surface area contributed by atoms with Gasteiger partial charge in [0.05, 0.1) is 21.4 Å². The molecule has 21 heavy (non-hydrogen) atoms. The molecule has 0 amide bonds. The molecule has 0 heterocycles. The summed E-state index contributed by atoms with van der Waals surface area (Å²) in [5, 5.41) is 0.130. The van der Waals surface area contributed by atoms with Crippen molar-refractivity contribution in [2.45, 2.75) is 18.7 Å². The molecule has 0 atom stereocenters. The van der Waals surface area contributed by atoms with E-state index in [4.69, 9.17) is 28.9 Å². The molecule has 2 aromatic rings. The number of halogens is 2. The van der Waals surface area contributed by atoms with Crippen LogP contribution in [0.4, 0.5) is 11.4 Å². The summed E-state index contributed by atoms with van der Waals surface area (Å²) in [7, 11) is -3.84. The molecular weight excluding hydrogens is 331 g/mol. The standard InChI is InChI=1S/C14H14Cl2N2O2S/c1-8-3-5-11(9(2)7-8)18-21(19,20)12-6-4-10(15)14(17)13(12)16/h3-7,18H,17H2,1-2H3. The van der Waals surface area contributed by atoms with Crippen LogP contribution >= 0.6 is 23.2 Å². The molecule has 3 N–H and O–H groups in total. The second kappa shape index (κ2) is 5.75. The quantitative estimate of drug-likeness (QED) is 0.826. The third-order valence-corrected chi connectivity index (χ3v) is 5.26. The number of hydrogen-bond donors (Lipinski definition) is 2. The molecule has 0 fully saturated rings. The van der Waals surface area contributed by atoms with Gasteiger partial charge in [0, 0.05) is 0 Å². The van der Waals surface area contributed by atoms with Gasteiger partial charge in [0.2, 0.25) is 0 Å². The zero-order valence-electron chi connectivity index (χ0n) is 11.4. The topological polar surface area (TPSA) is 72.2 Å². The van der Waals surface area contributed by atoms with E-state index < -0.39 is 10.0 Å². The fraction of sp³-hybridized carbons (Fsp3) is 0.143. The average Bonchev–Trinajstić information content (AvgIpc) is 2.39. The molecule has 0 aliphatic heterocycles. The van der Waals surface area contributed by atoms with E-state index >= 15 is 0 Å². The first kappa shape index (κ1) is 15.9. The number of aryl methyl sites for hydroxylation is 2. The Kier molecular flexibility index (Phi) is 4.37. The van der Waals surface area contributed by atoms with Gasteiger partial charge in [-0.15, -0.1) is 0 Å². The van der Waals surface area contributed by atoms with E-state index in [0.29, 0.717) is 5.69 Å². The Labute approximate surface area is 133 Å². The molecule has 2 rings (SSSR count). The van der Waals surface area contributed by atoms with Gasteiger partial charge in [0.15, 0.2) is 0 Å². The number of sulfonamides is 1. The van der Waals surface area contributed by atoms with E-state index in [2.05, 4.69) is 4.72 Å². The number of hydrogen-bond acceptors (Lipinski definition) is 3. The van der Waals surface area contributed by atoms with E-state index in [1.54, 1.807) is 6.07 Å². The van der Waals surface area contributed by atoms with E-state index in [-0.39, 0.29) is 20.6 Å². The monoisotopic (exact) mass is 344 g/mol. The van der Waals surface area contributed by atoms with Crippen LogP contribution < -0.4 is 10.5 Å². The Balaban J connectivity index is 2.46. The first-order valence-corrected chi connectivity index (χ1v) is 8.30. The lowest BCUT2D eigenvalue weighted by Gasteiger charge is -2.13. The van der Waals surface area contributed by atoms with E-state index in [1.165, 1.54) is 12.1 Å². The van der Waals surface area contributed by atoms with Crippen molar-refractivity contribution in [3.63, 3.8) is 0 Å². The van der Waals surface area contributed by atoms with Crippen LogP contribution in [0.25, 0.3) is 0 Å². The van der Waals surface area contributed by atoms with Gasteiger partial charge < -0.3 is 5.73 Å². The van der Waals surface area contributed by atoms with Crippen molar-refractivity contribution < 1.29 is 8.42 Å². The normalized spacial score (nSPS) is 11.4. The Hall–Kier alpha value is -1.43. The van der Waals surface area contributed by atoms with Crippen molar-refractivity contribution in [1.29, 1.82) is 0 Å². The maximum atomic E-state index is 12.4. The minimum atomic E-state index is -3.84. The summed E-state index contributed by atoms with van der Waals surface area (Å²) in [5.74, 6) is 0. The van der Waals surface area contributed by atoms with Gasteiger partial charge >= 0.3 is 0 Å². The molecule has 4 nitrogen and oxygen atoms in total. The van der Waals surface area contributed by atoms with Crippen molar-refractivity contribution in [3.8, 4) is 0 Å². The Bertz CT molecular complexity index is 805. The number of nitrogens with two attached hydrogens (primary N) is 1. The summed E-state index contributed by atoms with van der Waals surface area (Å²) in [6, 6.07) is 8.14. The lowest BCUT2D eigenvalue weighted by molar-refractivity contribution is 0.601. The highest BCUT2D eigenvalue weighted by Gasteiger charge is 2.21. The first-order valence-electron chi connectivity index (χ1n) is 6.06. The van der Waals surface area contributed by atoms with Crippen LogP contribution in [0, 0.1) is 13.8 Å². The predicted molar refractivity (Wildman–Crippen MR) is 87.6 cm³/mol. The Morgan fingerprint density at radius 3 is 2.38 bits per heavy atom. The Morgan fingerprint density at radius 1 is 1.10 bits per heavy atom. The van der Waals surface area contributed by atoms with Crippen LogP contribution in [0.1, 0.15) is 11.1 Å². The van der Waals surface area contributed by atoms with Crippen molar-refractivity contribution in [2.24, 2.45) is 0 Å². The average molecular weight is 345 g/mol. The number of rotatable bonds is 3. The second-order valence-corrected chi connectivity index (χ2v) is 7.13. The molecule has 0 aliphatic rings. The predicted octanol–water partition coefficient (Wildman–Crippen LogP) is 3.99. The van der Waals surface area contributed by atoms with Crippen molar-refractivity contribution >= 4 is 44.6 Å². The molecule has 0 aromatic heterocycles. The fourth-order valence-electron chi connectivity index (χ4n) is 1.88. The van der Waals surface area contributed by atoms with Gasteiger partial charge in [0.25, 0.3) is 10.0 Å². The van der Waals surface area contributed by atoms with Gasteiger partial charge in [-0.2, -0.15) is 0 Å². The molecule has 7 heteroatoms. The minimum Gasteiger partial charge on any atom is -0.396 e. The number of nitrogen functional groups attached to an aromatic ring is 1. The molecule has 112 valence electrons. The molecule has 0 aliphatic carbocycles. The summed E-state index contributed by atoms with van der Waals surface area (Å²) < 4.78 is 27.4. The molecular formula is C14H14Cl2N2O2S. The third-order valence-electron chi connectivity index (χ3n) is 3.01. The van der Waals surface area contributed by atoms with Gasteiger partial charge in [-0.25, -0.2) is 8.42 Å². The number of benzene rings is 2. The van der Waals surface area contributed by atoms with Gasteiger partial charge in [0.1, 0.15) is 4.90 Å². The lowest BCUT2D eigenvalue weighted by Crippen LogP contribution is -2.15.